The van der Waals surface area contributed by atoms with Crippen molar-refractivity contribution >= 4 is 17.8 Å². The number of carbonyl (C=O) groups is 3. The lowest BCUT2D eigenvalue weighted by atomic mass is 10.0. The summed E-state index contributed by atoms with van der Waals surface area (Å²) in [5.74, 6) is -2.47. The summed E-state index contributed by atoms with van der Waals surface area (Å²) < 4.78 is 0. The second kappa shape index (κ2) is 8.01. The number of hydrogen-bond acceptors (Lipinski definition) is 4. The van der Waals surface area contributed by atoms with Crippen LogP contribution in [-0.4, -0.2) is 46.3 Å². The standard InChI is InChI=1S/C14H18N2O5/c1-16(21)13(18)8-11(15-12(17)9-14(19)20)7-10-5-3-2-4-6-10/h2-6,11,21H,7-9H2,1H3,(H,15,17)(H,19,20)/t11-/m1/s1. The van der Waals surface area contributed by atoms with Gasteiger partial charge in [-0.15, -0.1) is 0 Å². The van der Waals surface area contributed by atoms with Crippen LogP contribution in [0.5, 0.6) is 0 Å². The first-order chi connectivity index (χ1) is 9.88. The number of rotatable bonds is 7. The van der Waals surface area contributed by atoms with Gasteiger partial charge in [-0.05, 0) is 12.0 Å². The summed E-state index contributed by atoms with van der Waals surface area (Å²) in [5, 5.41) is 20.6. The van der Waals surface area contributed by atoms with E-state index in [2.05, 4.69) is 5.32 Å². The van der Waals surface area contributed by atoms with E-state index in [0.717, 1.165) is 5.56 Å². The van der Waals surface area contributed by atoms with Crippen LogP contribution in [0.4, 0.5) is 0 Å². The number of carboxylic acid groups (broad SMARTS) is 1. The molecule has 3 N–H and O–H groups in total. The van der Waals surface area contributed by atoms with E-state index < -0.39 is 30.2 Å². The van der Waals surface area contributed by atoms with Gasteiger partial charge in [0.1, 0.15) is 6.42 Å². The van der Waals surface area contributed by atoms with Gasteiger partial charge in [-0.1, -0.05) is 30.3 Å². The fourth-order valence-electron chi connectivity index (χ4n) is 1.83. The molecule has 0 aliphatic heterocycles. The van der Waals surface area contributed by atoms with Gasteiger partial charge in [0.05, 0.1) is 0 Å². The average molecular weight is 294 g/mol. The number of carboxylic acids is 1. The van der Waals surface area contributed by atoms with Crippen molar-refractivity contribution in [3.8, 4) is 0 Å². The zero-order valence-electron chi connectivity index (χ0n) is 11.7. The maximum Gasteiger partial charge on any atom is 0.312 e. The predicted octanol–water partition coefficient (Wildman–Crippen LogP) is 0.426. The molecule has 7 heteroatoms. The molecule has 0 heterocycles. The molecule has 7 nitrogen and oxygen atoms in total. The highest BCUT2D eigenvalue weighted by Crippen LogP contribution is 2.07. The molecule has 0 radical (unpaired) electrons. The Morgan fingerprint density at radius 1 is 1.24 bits per heavy atom. The number of hydroxylamine groups is 2. The third-order valence-electron chi connectivity index (χ3n) is 2.78. The molecule has 1 atom stereocenters. The highest BCUT2D eigenvalue weighted by atomic mass is 16.5. The van der Waals surface area contributed by atoms with Crippen molar-refractivity contribution < 1.29 is 24.7 Å². The molecule has 0 bridgehead atoms. The molecule has 0 aromatic heterocycles. The number of carbonyl (C=O) groups excluding carboxylic acids is 2. The summed E-state index contributed by atoms with van der Waals surface area (Å²) >= 11 is 0. The van der Waals surface area contributed by atoms with Crippen LogP contribution in [0.1, 0.15) is 18.4 Å². The molecule has 0 spiro atoms. The van der Waals surface area contributed by atoms with Gasteiger partial charge in [0.15, 0.2) is 0 Å². The van der Waals surface area contributed by atoms with Crippen molar-refractivity contribution in [2.75, 3.05) is 7.05 Å². The summed E-state index contributed by atoms with van der Waals surface area (Å²) in [6.07, 6.45) is -0.409. The van der Waals surface area contributed by atoms with Crippen molar-refractivity contribution in [3.05, 3.63) is 35.9 Å². The molecule has 1 aromatic carbocycles. The van der Waals surface area contributed by atoms with Gasteiger partial charge in [-0.25, -0.2) is 5.06 Å². The summed E-state index contributed by atoms with van der Waals surface area (Å²) in [4.78, 5) is 33.6. The second-order valence-corrected chi connectivity index (χ2v) is 4.65. The van der Waals surface area contributed by atoms with Gasteiger partial charge in [0, 0.05) is 19.5 Å². The minimum atomic E-state index is -1.24. The first-order valence-corrected chi connectivity index (χ1v) is 6.39. The van der Waals surface area contributed by atoms with E-state index in [1.165, 1.54) is 7.05 Å². The van der Waals surface area contributed by atoms with Crippen LogP contribution in [0.15, 0.2) is 30.3 Å². The largest absolute Gasteiger partial charge is 0.481 e. The molecule has 0 saturated carbocycles. The summed E-state index contributed by atoms with van der Waals surface area (Å²) in [6.45, 7) is 0. The molecule has 1 rings (SSSR count). The number of hydrogen-bond donors (Lipinski definition) is 3. The Balaban J connectivity index is 2.72. The first kappa shape index (κ1) is 16.6. The van der Waals surface area contributed by atoms with E-state index in [9.17, 15) is 14.4 Å². The Bertz CT molecular complexity index is 501. The predicted molar refractivity (Wildman–Crippen MR) is 73.5 cm³/mol. The number of nitrogens with one attached hydrogen (secondary N) is 1. The van der Waals surface area contributed by atoms with Crippen LogP contribution >= 0.6 is 0 Å². The SMILES string of the molecule is CN(O)C(=O)C[C@@H](Cc1ccccc1)NC(=O)CC(=O)O. The Hall–Kier alpha value is -2.41. The van der Waals surface area contributed by atoms with Crippen LogP contribution in [-0.2, 0) is 20.8 Å². The number of aliphatic carboxylic acids is 1. The van der Waals surface area contributed by atoms with E-state index >= 15 is 0 Å². The van der Waals surface area contributed by atoms with Crippen molar-refractivity contribution in [2.24, 2.45) is 0 Å². The van der Waals surface area contributed by atoms with Gasteiger partial charge in [0.2, 0.25) is 11.8 Å². The minimum absolute atomic E-state index is 0.118. The maximum atomic E-state index is 11.6. The van der Waals surface area contributed by atoms with Crippen LogP contribution in [0.3, 0.4) is 0 Å². The quantitative estimate of drug-likeness (QED) is 0.384. The third kappa shape index (κ3) is 6.53. The summed E-state index contributed by atoms with van der Waals surface area (Å²) in [6, 6.07) is 8.58. The normalized spacial score (nSPS) is 11.5. The Morgan fingerprint density at radius 3 is 2.38 bits per heavy atom. The molecular weight excluding hydrogens is 276 g/mol. The topological polar surface area (TPSA) is 107 Å². The van der Waals surface area contributed by atoms with Crippen molar-refractivity contribution in [1.29, 1.82) is 0 Å². The van der Waals surface area contributed by atoms with E-state index in [4.69, 9.17) is 10.3 Å². The molecule has 0 unspecified atom stereocenters. The molecule has 114 valence electrons. The number of amides is 2. The summed E-state index contributed by atoms with van der Waals surface area (Å²) in [5.41, 5.74) is 0.895. The monoisotopic (exact) mass is 294 g/mol. The maximum absolute atomic E-state index is 11.6. The van der Waals surface area contributed by atoms with E-state index in [-0.39, 0.29) is 6.42 Å². The van der Waals surface area contributed by atoms with Crippen molar-refractivity contribution in [3.63, 3.8) is 0 Å². The Labute approximate surface area is 122 Å². The molecular formula is C14H18N2O5. The molecule has 0 fully saturated rings. The van der Waals surface area contributed by atoms with Gasteiger partial charge in [-0.3, -0.25) is 19.6 Å². The Morgan fingerprint density at radius 2 is 1.86 bits per heavy atom. The van der Waals surface area contributed by atoms with Crippen LogP contribution in [0, 0.1) is 0 Å². The zero-order chi connectivity index (χ0) is 15.8. The minimum Gasteiger partial charge on any atom is -0.481 e. The molecule has 0 aliphatic rings. The second-order valence-electron chi connectivity index (χ2n) is 4.65. The number of benzene rings is 1. The highest BCUT2D eigenvalue weighted by molar-refractivity contribution is 5.93. The van der Waals surface area contributed by atoms with E-state index in [0.29, 0.717) is 11.5 Å². The highest BCUT2D eigenvalue weighted by Gasteiger charge is 2.20. The van der Waals surface area contributed by atoms with Crippen LogP contribution < -0.4 is 5.32 Å². The van der Waals surface area contributed by atoms with Gasteiger partial charge >= 0.3 is 5.97 Å². The van der Waals surface area contributed by atoms with Crippen molar-refractivity contribution in [1.82, 2.24) is 10.4 Å². The summed E-state index contributed by atoms with van der Waals surface area (Å²) in [7, 11) is 1.20. The number of nitrogens with zero attached hydrogens (tertiary/aromatic N) is 1. The Kier molecular flexibility index (Phi) is 6.35. The van der Waals surface area contributed by atoms with E-state index in [1.807, 2.05) is 30.3 Å². The lowest BCUT2D eigenvalue weighted by molar-refractivity contribution is -0.159. The molecule has 21 heavy (non-hydrogen) atoms. The molecule has 0 aliphatic carbocycles. The van der Waals surface area contributed by atoms with Crippen LogP contribution in [0.2, 0.25) is 0 Å². The third-order valence-corrected chi connectivity index (χ3v) is 2.78. The van der Waals surface area contributed by atoms with E-state index in [1.54, 1.807) is 0 Å². The molecule has 0 saturated heterocycles. The molecule has 2 amide bonds. The zero-order valence-corrected chi connectivity index (χ0v) is 11.7. The lowest BCUT2D eigenvalue weighted by Crippen LogP contribution is -2.41. The van der Waals surface area contributed by atoms with Crippen LogP contribution in [0.25, 0.3) is 0 Å². The van der Waals surface area contributed by atoms with Gasteiger partial charge in [0.25, 0.3) is 0 Å². The first-order valence-electron chi connectivity index (χ1n) is 6.39. The lowest BCUT2D eigenvalue weighted by Gasteiger charge is -2.19. The smallest absolute Gasteiger partial charge is 0.312 e. The van der Waals surface area contributed by atoms with Gasteiger partial charge < -0.3 is 10.4 Å². The molecule has 1 aromatic rings. The fraction of sp³-hybridized carbons (Fsp3) is 0.357. The van der Waals surface area contributed by atoms with Gasteiger partial charge in [-0.2, -0.15) is 0 Å². The average Bonchev–Trinajstić information content (AvgIpc) is 2.38. The fourth-order valence-corrected chi connectivity index (χ4v) is 1.83. The van der Waals surface area contributed by atoms with Crippen molar-refractivity contribution in [2.45, 2.75) is 25.3 Å².